The lowest BCUT2D eigenvalue weighted by Crippen LogP contribution is -2.20. The van der Waals surface area contributed by atoms with Crippen LogP contribution in [0, 0.1) is 11.8 Å². The lowest BCUT2D eigenvalue weighted by molar-refractivity contribution is -0.137. The fourth-order valence-electron chi connectivity index (χ4n) is 3.05. The number of carbonyl (C=O) groups is 2. The minimum absolute atomic E-state index is 0.0786. The van der Waals surface area contributed by atoms with Gasteiger partial charge in [0, 0.05) is 0 Å². The van der Waals surface area contributed by atoms with E-state index in [0.29, 0.717) is 29.4 Å². The Morgan fingerprint density at radius 2 is 1.77 bits per heavy atom. The van der Waals surface area contributed by atoms with Crippen LogP contribution < -0.4 is 4.74 Å². The fourth-order valence-corrected chi connectivity index (χ4v) is 3.05. The lowest BCUT2D eigenvalue weighted by atomic mass is 9.99. The first-order chi connectivity index (χ1) is 14.4. The van der Waals surface area contributed by atoms with E-state index in [1.54, 1.807) is 18.2 Å². The normalized spacial score (nSPS) is 16.5. The van der Waals surface area contributed by atoms with E-state index in [1.165, 1.54) is 29.8 Å². The molecule has 2 aromatic rings. The number of rotatable bonds is 7. The zero-order valence-electron chi connectivity index (χ0n) is 17.2. The van der Waals surface area contributed by atoms with Crippen molar-refractivity contribution in [2.24, 2.45) is 11.8 Å². The van der Waals surface area contributed by atoms with E-state index in [1.807, 2.05) is 24.3 Å². The van der Waals surface area contributed by atoms with E-state index >= 15 is 0 Å². The van der Waals surface area contributed by atoms with E-state index in [0.717, 1.165) is 12.8 Å². The average Bonchev–Trinajstić information content (AvgIpc) is 2.76. The number of phenols is 1. The van der Waals surface area contributed by atoms with Crippen LogP contribution in [0.4, 0.5) is 0 Å². The summed E-state index contributed by atoms with van der Waals surface area (Å²) < 4.78 is 10.8. The first kappa shape index (κ1) is 21.4. The van der Waals surface area contributed by atoms with E-state index < -0.39 is 11.9 Å². The topological polar surface area (TPSA) is 72.8 Å². The van der Waals surface area contributed by atoms with Gasteiger partial charge in [-0.2, -0.15) is 0 Å². The summed E-state index contributed by atoms with van der Waals surface area (Å²) in [6.07, 6.45) is 7.50. The Balaban J connectivity index is 1.51. The summed E-state index contributed by atoms with van der Waals surface area (Å²) in [6.45, 7) is 4.39. The Bertz CT molecular complexity index is 939. The lowest BCUT2D eigenvalue weighted by Gasteiger charge is -2.15. The van der Waals surface area contributed by atoms with Gasteiger partial charge in [0.2, 0.25) is 0 Å². The van der Waals surface area contributed by atoms with Crippen molar-refractivity contribution in [3.63, 3.8) is 0 Å². The molecular formula is C25H26O5. The summed E-state index contributed by atoms with van der Waals surface area (Å²) in [5.74, 6) is 0.303. The molecule has 156 valence electrons. The summed E-state index contributed by atoms with van der Waals surface area (Å²) in [7, 11) is 0. The third-order valence-electron chi connectivity index (χ3n) is 5.10. The molecule has 0 bridgehead atoms. The molecule has 0 saturated heterocycles. The third kappa shape index (κ3) is 5.83. The molecule has 3 rings (SSSR count). The van der Waals surface area contributed by atoms with Gasteiger partial charge in [-0.05, 0) is 72.9 Å². The smallest absolute Gasteiger partial charge is 0.343 e. The molecule has 2 atom stereocenters. The maximum atomic E-state index is 12.4. The largest absolute Gasteiger partial charge is 0.508 e. The molecule has 1 aliphatic carbocycles. The summed E-state index contributed by atoms with van der Waals surface area (Å²) in [6, 6.07) is 13.4. The number of phenolic OH excluding ortho intramolecular Hbond substituents is 1. The second-order valence-corrected chi connectivity index (χ2v) is 7.53. The predicted octanol–water partition coefficient (Wildman–Crippen LogP) is 5.20. The van der Waals surface area contributed by atoms with E-state index in [2.05, 4.69) is 13.8 Å². The molecule has 5 nitrogen and oxygen atoms in total. The number of benzene rings is 2. The molecule has 0 radical (unpaired) electrons. The maximum Gasteiger partial charge on any atom is 0.343 e. The molecule has 30 heavy (non-hydrogen) atoms. The molecule has 1 N–H and O–H groups in total. The van der Waals surface area contributed by atoms with Crippen LogP contribution in [0.2, 0.25) is 0 Å². The summed E-state index contributed by atoms with van der Waals surface area (Å²) in [5.41, 5.74) is 1.56. The number of hydrogen-bond acceptors (Lipinski definition) is 5. The van der Waals surface area contributed by atoms with Crippen molar-refractivity contribution in [2.75, 3.05) is 0 Å². The number of carbonyl (C=O) groups excluding carboxylic acids is 2. The molecule has 0 aromatic heterocycles. The summed E-state index contributed by atoms with van der Waals surface area (Å²) >= 11 is 0. The molecular weight excluding hydrogens is 380 g/mol. The number of ether oxygens (including phenoxy) is 2. The Morgan fingerprint density at radius 3 is 2.37 bits per heavy atom. The van der Waals surface area contributed by atoms with Crippen LogP contribution in [0.25, 0.3) is 0 Å². The first-order valence-electron chi connectivity index (χ1n) is 10.1. The Kier molecular flexibility index (Phi) is 7.07. The number of hydrogen-bond donors (Lipinski definition) is 1. The average molecular weight is 406 g/mol. The van der Waals surface area contributed by atoms with Crippen LogP contribution in [-0.4, -0.2) is 17.0 Å². The highest BCUT2D eigenvalue weighted by Crippen LogP contribution is 2.22. The van der Waals surface area contributed by atoms with Crippen LogP contribution in [-0.2, 0) is 16.0 Å². The van der Waals surface area contributed by atoms with Gasteiger partial charge in [-0.15, -0.1) is 0 Å². The van der Waals surface area contributed by atoms with E-state index in [-0.39, 0.29) is 11.7 Å². The van der Waals surface area contributed by atoms with Crippen LogP contribution in [0.15, 0.2) is 72.5 Å². The molecule has 0 amide bonds. The zero-order chi connectivity index (χ0) is 21.5. The maximum absolute atomic E-state index is 12.4. The summed E-state index contributed by atoms with van der Waals surface area (Å²) in [4.78, 5) is 24.5. The fraction of sp³-hybridized carbons (Fsp3) is 0.280. The predicted molar refractivity (Wildman–Crippen MR) is 114 cm³/mol. The van der Waals surface area contributed by atoms with Gasteiger partial charge in [0.25, 0.3) is 0 Å². The highest BCUT2D eigenvalue weighted by atomic mass is 16.5. The standard InChI is InChI=1S/C25H26O5/c1-3-17(2)16-18-4-12-22(13-5-18)29-25(28)20-8-14-23(15-9-20)30-24(27)19-6-10-21(26)11-7-19/h4-8,10-15,17,20,26H,3,9,16H2,1-2H3. The molecule has 0 aliphatic heterocycles. The SMILES string of the molecule is CCC(C)Cc1ccc(OC(=O)C2C=CC(OC(=O)c3ccc(O)cc3)=CC2)cc1. The van der Waals surface area contributed by atoms with Crippen molar-refractivity contribution in [1.82, 2.24) is 0 Å². The molecule has 0 fully saturated rings. The first-order valence-corrected chi connectivity index (χ1v) is 10.1. The second kappa shape index (κ2) is 9.92. The molecule has 2 unspecified atom stereocenters. The number of aromatic hydroxyl groups is 1. The van der Waals surface area contributed by atoms with Gasteiger partial charge in [-0.1, -0.05) is 38.5 Å². The van der Waals surface area contributed by atoms with E-state index in [4.69, 9.17) is 9.47 Å². The highest BCUT2D eigenvalue weighted by Gasteiger charge is 2.21. The van der Waals surface area contributed by atoms with Crippen molar-refractivity contribution < 1.29 is 24.2 Å². The van der Waals surface area contributed by atoms with Gasteiger partial charge in [-0.25, -0.2) is 4.79 Å². The van der Waals surface area contributed by atoms with Gasteiger partial charge in [-0.3, -0.25) is 4.79 Å². The van der Waals surface area contributed by atoms with Crippen molar-refractivity contribution >= 4 is 11.9 Å². The van der Waals surface area contributed by atoms with Crippen molar-refractivity contribution in [2.45, 2.75) is 33.1 Å². The van der Waals surface area contributed by atoms with Crippen LogP contribution in [0.3, 0.4) is 0 Å². The van der Waals surface area contributed by atoms with E-state index in [9.17, 15) is 14.7 Å². The molecule has 5 heteroatoms. The molecule has 2 aromatic carbocycles. The number of allylic oxidation sites excluding steroid dienone is 2. The van der Waals surface area contributed by atoms with Crippen LogP contribution in [0.5, 0.6) is 11.5 Å². The zero-order valence-corrected chi connectivity index (χ0v) is 17.2. The minimum atomic E-state index is -0.524. The van der Waals surface area contributed by atoms with Gasteiger partial charge in [0.1, 0.15) is 17.3 Å². The quantitative estimate of drug-likeness (QED) is 0.505. The number of esters is 2. The monoisotopic (exact) mass is 406 g/mol. The van der Waals surface area contributed by atoms with Gasteiger partial charge < -0.3 is 14.6 Å². The van der Waals surface area contributed by atoms with Crippen LogP contribution >= 0.6 is 0 Å². The Hall–Kier alpha value is -3.34. The molecule has 0 saturated carbocycles. The second-order valence-electron chi connectivity index (χ2n) is 7.53. The third-order valence-corrected chi connectivity index (χ3v) is 5.10. The minimum Gasteiger partial charge on any atom is -0.508 e. The highest BCUT2D eigenvalue weighted by molar-refractivity contribution is 5.90. The molecule has 0 spiro atoms. The summed E-state index contributed by atoms with van der Waals surface area (Å²) in [5, 5.41) is 9.29. The van der Waals surface area contributed by atoms with Gasteiger partial charge >= 0.3 is 11.9 Å². The van der Waals surface area contributed by atoms with Gasteiger partial charge in [0.15, 0.2) is 0 Å². The van der Waals surface area contributed by atoms with Crippen molar-refractivity contribution in [3.05, 3.63) is 83.6 Å². The molecule has 0 heterocycles. The van der Waals surface area contributed by atoms with Crippen molar-refractivity contribution in [1.29, 1.82) is 0 Å². The van der Waals surface area contributed by atoms with Gasteiger partial charge in [0.05, 0.1) is 11.5 Å². The van der Waals surface area contributed by atoms with Crippen LogP contribution in [0.1, 0.15) is 42.6 Å². The Labute approximate surface area is 176 Å². The Morgan fingerprint density at radius 1 is 1.07 bits per heavy atom. The molecule has 1 aliphatic rings. The van der Waals surface area contributed by atoms with Crippen molar-refractivity contribution in [3.8, 4) is 11.5 Å².